The van der Waals surface area contributed by atoms with Crippen LogP contribution < -0.4 is 5.56 Å². The molecule has 5 rings (SSSR count). The number of rotatable bonds is 4. The van der Waals surface area contributed by atoms with Gasteiger partial charge in [0.25, 0.3) is 5.56 Å². The van der Waals surface area contributed by atoms with E-state index < -0.39 is 0 Å². The zero-order valence-corrected chi connectivity index (χ0v) is 17.0. The zero-order valence-electron chi connectivity index (χ0n) is 17.0. The molecule has 0 aliphatic heterocycles. The summed E-state index contributed by atoms with van der Waals surface area (Å²) < 4.78 is 0. The number of nitrogens with one attached hydrogen (secondary N) is 2. The maximum absolute atomic E-state index is 12.2. The fourth-order valence-electron chi connectivity index (χ4n) is 3.44. The number of H-pyrrole nitrogens is 2. The smallest absolute Gasteiger partial charge is 0.258 e. The van der Waals surface area contributed by atoms with Gasteiger partial charge in [0, 0.05) is 30.0 Å². The first-order valence-electron chi connectivity index (χ1n) is 10.1. The molecule has 0 atom stereocenters. The molecule has 0 fully saturated rings. The Balaban J connectivity index is 0.00000106. The topological polar surface area (TPSA) is 87.3 Å². The SMILES string of the molecule is CC.O=c1[nH]c(CCc2ncc(-c3cccc4cccnc34)[nH]2)nc2ccccc12. The van der Waals surface area contributed by atoms with Crippen LogP contribution in [0.15, 0.2) is 71.8 Å². The van der Waals surface area contributed by atoms with Crippen LogP contribution >= 0.6 is 0 Å². The van der Waals surface area contributed by atoms with Gasteiger partial charge in [0.1, 0.15) is 11.6 Å². The van der Waals surface area contributed by atoms with E-state index in [0.29, 0.717) is 29.6 Å². The van der Waals surface area contributed by atoms with Gasteiger partial charge in [-0.05, 0) is 18.2 Å². The quantitative estimate of drug-likeness (QED) is 0.461. The molecular weight excluding hydrogens is 374 g/mol. The number of aromatic amines is 2. The van der Waals surface area contributed by atoms with E-state index in [9.17, 15) is 4.79 Å². The summed E-state index contributed by atoms with van der Waals surface area (Å²) >= 11 is 0. The number of fused-ring (bicyclic) bond motifs is 2. The lowest BCUT2D eigenvalue weighted by Crippen LogP contribution is -2.12. The first-order chi connectivity index (χ1) is 14.8. The average molecular weight is 397 g/mol. The summed E-state index contributed by atoms with van der Waals surface area (Å²) in [7, 11) is 0. The van der Waals surface area contributed by atoms with Crippen molar-refractivity contribution >= 4 is 21.8 Å². The average Bonchev–Trinajstić information content (AvgIpc) is 3.28. The number of hydrogen-bond donors (Lipinski definition) is 2. The fraction of sp³-hybridized carbons (Fsp3) is 0.167. The van der Waals surface area contributed by atoms with E-state index in [2.05, 4.69) is 24.9 Å². The lowest BCUT2D eigenvalue weighted by molar-refractivity contribution is 0.821. The summed E-state index contributed by atoms with van der Waals surface area (Å²) in [6.07, 6.45) is 4.88. The van der Waals surface area contributed by atoms with E-state index in [0.717, 1.165) is 28.0 Å². The van der Waals surface area contributed by atoms with Crippen LogP contribution in [0.4, 0.5) is 0 Å². The number of nitrogens with zero attached hydrogens (tertiary/aromatic N) is 3. The van der Waals surface area contributed by atoms with Gasteiger partial charge in [-0.3, -0.25) is 9.78 Å². The van der Waals surface area contributed by atoms with E-state index in [-0.39, 0.29) is 5.56 Å². The molecular formula is C24H23N5O. The Morgan fingerprint density at radius 1 is 0.833 bits per heavy atom. The molecule has 0 radical (unpaired) electrons. The van der Waals surface area contributed by atoms with E-state index in [1.165, 1.54) is 0 Å². The number of benzene rings is 2. The predicted octanol–water partition coefficient (Wildman–Crippen LogP) is 4.67. The number of imidazole rings is 1. The Labute approximate surface area is 174 Å². The third-order valence-corrected chi connectivity index (χ3v) is 4.81. The molecule has 3 heterocycles. The number of para-hydroxylation sites is 2. The molecule has 0 amide bonds. The Morgan fingerprint density at radius 2 is 1.63 bits per heavy atom. The number of pyridine rings is 1. The Hall–Kier alpha value is -3.80. The van der Waals surface area contributed by atoms with E-state index >= 15 is 0 Å². The predicted molar refractivity (Wildman–Crippen MR) is 120 cm³/mol. The second kappa shape index (κ2) is 8.69. The molecule has 2 aromatic carbocycles. The highest BCUT2D eigenvalue weighted by molar-refractivity contribution is 5.92. The summed E-state index contributed by atoms with van der Waals surface area (Å²) in [5.74, 6) is 1.51. The summed E-state index contributed by atoms with van der Waals surface area (Å²) in [5.41, 5.74) is 3.50. The molecule has 0 bridgehead atoms. The van der Waals surface area contributed by atoms with Gasteiger partial charge in [-0.1, -0.05) is 50.2 Å². The van der Waals surface area contributed by atoms with Gasteiger partial charge in [-0.15, -0.1) is 0 Å². The zero-order chi connectivity index (χ0) is 20.9. The lowest BCUT2D eigenvalue weighted by Gasteiger charge is -2.03. The molecule has 2 N–H and O–H groups in total. The third-order valence-electron chi connectivity index (χ3n) is 4.81. The molecule has 0 unspecified atom stereocenters. The van der Waals surface area contributed by atoms with Crippen molar-refractivity contribution in [3.05, 3.63) is 89.0 Å². The molecule has 6 nitrogen and oxygen atoms in total. The van der Waals surface area contributed by atoms with Gasteiger partial charge in [0.2, 0.25) is 0 Å². The molecule has 6 heteroatoms. The van der Waals surface area contributed by atoms with Crippen LogP contribution in [0.2, 0.25) is 0 Å². The molecule has 3 aromatic heterocycles. The molecule has 0 aliphatic rings. The summed E-state index contributed by atoms with van der Waals surface area (Å²) in [5, 5.41) is 1.70. The van der Waals surface area contributed by atoms with Crippen molar-refractivity contribution in [2.75, 3.05) is 0 Å². The second-order valence-electron chi connectivity index (χ2n) is 6.65. The van der Waals surface area contributed by atoms with Crippen molar-refractivity contribution < 1.29 is 0 Å². The van der Waals surface area contributed by atoms with E-state index in [4.69, 9.17) is 0 Å². The second-order valence-corrected chi connectivity index (χ2v) is 6.65. The van der Waals surface area contributed by atoms with Crippen molar-refractivity contribution in [1.29, 1.82) is 0 Å². The monoisotopic (exact) mass is 397 g/mol. The Morgan fingerprint density at radius 3 is 2.53 bits per heavy atom. The maximum atomic E-state index is 12.2. The van der Waals surface area contributed by atoms with Gasteiger partial charge in [0.05, 0.1) is 28.3 Å². The van der Waals surface area contributed by atoms with Crippen molar-refractivity contribution in [1.82, 2.24) is 24.9 Å². The first-order valence-corrected chi connectivity index (χ1v) is 10.1. The normalized spacial score (nSPS) is 10.7. The van der Waals surface area contributed by atoms with Gasteiger partial charge >= 0.3 is 0 Å². The Bertz CT molecular complexity index is 1350. The Kier molecular flexibility index (Phi) is 5.66. The van der Waals surface area contributed by atoms with Crippen LogP contribution in [0.3, 0.4) is 0 Å². The lowest BCUT2D eigenvalue weighted by atomic mass is 10.1. The van der Waals surface area contributed by atoms with Crippen molar-refractivity contribution in [2.24, 2.45) is 0 Å². The fourth-order valence-corrected chi connectivity index (χ4v) is 3.44. The highest BCUT2D eigenvalue weighted by atomic mass is 16.1. The summed E-state index contributed by atoms with van der Waals surface area (Å²) in [6.45, 7) is 4.00. The van der Waals surface area contributed by atoms with Gasteiger partial charge < -0.3 is 9.97 Å². The number of aryl methyl sites for hydroxylation is 2. The summed E-state index contributed by atoms with van der Waals surface area (Å²) in [6, 6.07) is 17.4. The minimum atomic E-state index is -0.109. The van der Waals surface area contributed by atoms with Crippen molar-refractivity contribution in [3.63, 3.8) is 0 Å². The number of aromatic nitrogens is 5. The summed E-state index contributed by atoms with van der Waals surface area (Å²) in [4.78, 5) is 32.0. The van der Waals surface area contributed by atoms with Gasteiger partial charge in [-0.2, -0.15) is 0 Å². The van der Waals surface area contributed by atoms with Crippen LogP contribution in [-0.4, -0.2) is 24.9 Å². The minimum absolute atomic E-state index is 0.109. The minimum Gasteiger partial charge on any atom is -0.342 e. The highest BCUT2D eigenvalue weighted by Gasteiger charge is 2.09. The number of hydrogen-bond acceptors (Lipinski definition) is 4. The van der Waals surface area contributed by atoms with E-state index in [1.807, 2.05) is 68.6 Å². The largest absolute Gasteiger partial charge is 0.342 e. The highest BCUT2D eigenvalue weighted by Crippen LogP contribution is 2.25. The van der Waals surface area contributed by atoms with Gasteiger partial charge in [-0.25, -0.2) is 9.97 Å². The molecule has 5 aromatic rings. The molecule has 0 saturated heterocycles. The van der Waals surface area contributed by atoms with Crippen LogP contribution in [0, 0.1) is 0 Å². The van der Waals surface area contributed by atoms with Crippen LogP contribution in [0.5, 0.6) is 0 Å². The van der Waals surface area contributed by atoms with Crippen LogP contribution in [-0.2, 0) is 12.8 Å². The first kappa shape index (κ1) is 19.5. The molecule has 150 valence electrons. The third kappa shape index (κ3) is 3.85. The maximum Gasteiger partial charge on any atom is 0.258 e. The van der Waals surface area contributed by atoms with Crippen LogP contribution in [0.1, 0.15) is 25.5 Å². The van der Waals surface area contributed by atoms with E-state index in [1.54, 1.807) is 12.3 Å². The molecule has 0 saturated carbocycles. The van der Waals surface area contributed by atoms with Gasteiger partial charge in [0.15, 0.2) is 0 Å². The molecule has 30 heavy (non-hydrogen) atoms. The molecule has 0 spiro atoms. The van der Waals surface area contributed by atoms with Crippen LogP contribution in [0.25, 0.3) is 33.1 Å². The van der Waals surface area contributed by atoms with Crippen molar-refractivity contribution in [2.45, 2.75) is 26.7 Å². The van der Waals surface area contributed by atoms with Crippen molar-refractivity contribution in [3.8, 4) is 11.3 Å². The molecule has 0 aliphatic carbocycles. The standard InChI is InChI=1S/C22H17N5O.C2H6/c28-22-16-7-1-2-9-17(16)25-20(27-22)11-10-19-24-13-18(26-19)15-8-3-5-14-6-4-12-23-21(14)15;1-2/h1-9,12-13H,10-11H2,(H,24,26)(H,25,27,28);1-2H3.